The van der Waals surface area contributed by atoms with E-state index in [1.165, 1.54) is 0 Å². The van der Waals surface area contributed by atoms with E-state index in [2.05, 4.69) is 36.0 Å². The maximum Gasteiger partial charge on any atom is 0.248 e. The molecule has 3 rings (SSSR count). The number of halogens is 1. The molecular weight excluding hydrogens is 526 g/mol. The molecule has 3 heterocycles. The summed E-state index contributed by atoms with van der Waals surface area (Å²) in [4.78, 5) is 46.8. The Morgan fingerprint density at radius 1 is 1.28 bits per heavy atom. The predicted molar refractivity (Wildman–Crippen MR) is 142 cm³/mol. The zero-order valence-corrected chi connectivity index (χ0v) is 23.7. The highest BCUT2D eigenvalue weighted by atomic mass is 79.9. The SMILES string of the molecule is C=CCN(C)C(=O)[C@H]1[C@@H]2OC3(CC2Br)C(C(=O)N(CC=C)CCCC)N([C@@H](CO)[C@@H](C)CC)C(=O)[C@H]13. The van der Waals surface area contributed by atoms with E-state index >= 15 is 0 Å². The number of fused-ring (bicyclic) bond motifs is 1. The maximum atomic E-state index is 14.3. The molecule has 36 heavy (non-hydrogen) atoms. The van der Waals surface area contributed by atoms with Crippen LogP contribution >= 0.6 is 15.9 Å². The average Bonchev–Trinajstić information content (AvgIpc) is 3.45. The molecule has 0 aromatic rings. The van der Waals surface area contributed by atoms with Crippen LogP contribution in [-0.2, 0) is 19.1 Å². The smallest absolute Gasteiger partial charge is 0.248 e. The molecule has 0 saturated carbocycles. The van der Waals surface area contributed by atoms with Gasteiger partial charge in [0, 0.05) is 31.5 Å². The molecule has 3 saturated heterocycles. The van der Waals surface area contributed by atoms with Crippen LogP contribution in [0.2, 0.25) is 0 Å². The standard InChI is InChI=1S/C27H42BrN3O5/c1-7-11-14-30(13-9-3)26(35)23-27-15-18(28)22(36-27)20(24(33)29(6)12-8-2)21(27)25(34)31(23)19(16-32)17(5)10-4/h8-9,17-23,32H,2-3,7,10-16H2,1,4-6H3/t17-,18?,19-,20+,21-,22+,23?,27?/m0/s1. The van der Waals surface area contributed by atoms with Gasteiger partial charge in [-0.2, -0.15) is 0 Å². The number of likely N-dealkylation sites (N-methyl/N-ethyl adjacent to an activating group) is 1. The molecule has 202 valence electrons. The Balaban J connectivity index is 2.13. The molecule has 0 radical (unpaired) electrons. The molecule has 3 amide bonds. The highest BCUT2D eigenvalue weighted by Crippen LogP contribution is 2.61. The summed E-state index contributed by atoms with van der Waals surface area (Å²) in [7, 11) is 1.69. The fraction of sp³-hybridized carbons (Fsp3) is 0.741. The van der Waals surface area contributed by atoms with Crippen LogP contribution < -0.4 is 0 Å². The van der Waals surface area contributed by atoms with Gasteiger partial charge in [0.05, 0.1) is 30.6 Å². The van der Waals surface area contributed by atoms with Gasteiger partial charge in [0.1, 0.15) is 11.6 Å². The molecule has 8 atom stereocenters. The van der Waals surface area contributed by atoms with E-state index in [9.17, 15) is 19.5 Å². The Bertz CT molecular complexity index is 868. The largest absolute Gasteiger partial charge is 0.394 e. The van der Waals surface area contributed by atoms with E-state index in [1.807, 2.05) is 13.8 Å². The summed E-state index contributed by atoms with van der Waals surface area (Å²) < 4.78 is 6.60. The van der Waals surface area contributed by atoms with Crippen LogP contribution in [0, 0.1) is 17.8 Å². The highest BCUT2D eigenvalue weighted by molar-refractivity contribution is 9.09. The number of carbonyl (C=O) groups is 3. The zero-order chi connectivity index (χ0) is 26.8. The minimum Gasteiger partial charge on any atom is -0.394 e. The number of aliphatic hydroxyl groups is 1. The molecule has 2 bridgehead atoms. The lowest BCUT2D eigenvalue weighted by Gasteiger charge is -2.41. The van der Waals surface area contributed by atoms with E-state index < -0.39 is 35.6 Å². The van der Waals surface area contributed by atoms with Crippen LogP contribution in [0.25, 0.3) is 0 Å². The number of hydrogen-bond acceptors (Lipinski definition) is 5. The number of likely N-dealkylation sites (tertiary alicyclic amines) is 1. The number of unbranched alkanes of at least 4 members (excludes halogenated alkanes) is 1. The molecule has 3 aliphatic heterocycles. The molecule has 0 aliphatic carbocycles. The fourth-order valence-corrected chi connectivity index (χ4v) is 7.25. The number of aliphatic hydroxyl groups excluding tert-OH is 1. The Hall–Kier alpha value is -1.71. The minimum absolute atomic E-state index is 0.0393. The van der Waals surface area contributed by atoms with Gasteiger partial charge in [-0.05, 0) is 18.8 Å². The summed E-state index contributed by atoms with van der Waals surface area (Å²) >= 11 is 3.71. The molecule has 3 aliphatic rings. The fourth-order valence-electron chi connectivity index (χ4n) is 6.31. The number of amides is 3. The van der Waals surface area contributed by atoms with Crippen molar-refractivity contribution in [2.24, 2.45) is 17.8 Å². The van der Waals surface area contributed by atoms with Gasteiger partial charge in [-0.25, -0.2) is 0 Å². The molecule has 9 heteroatoms. The molecule has 0 aromatic heterocycles. The Kier molecular flexibility index (Phi) is 9.44. The second-order valence-electron chi connectivity index (χ2n) is 10.5. The van der Waals surface area contributed by atoms with Crippen molar-refractivity contribution < 1.29 is 24.2 Å². The van der Waals surface area contributed by atoms with Gasteiger partial charge in [-0.3, -0.25) is 14.4 Å². The Labute approximate surface area is 223 Å². The van der Waals surface area contributed by atoms with Crippen LogP contribution in [0.3, 0.4) is 0 Å². The van der Waals surface area contributed by atoms with Crippen molar-refractivity contribution in [1.82, 2.24) is 14.7 Å². The van der Waals surface area contributed by atoms with Crippen molar-refractivity contribution in [3.05, 3.63) is 25.3 Å². The summed E-state index contributed by atoms with van der Waals surface area (Å²) in [5, 5.41) is 10.4. The molecule has 3 fully saturated rings. The van der Waals surface area contributed by atoms with E-state index in [4.69, 9.17) is 4.74 Å². The van der Waals surface area contributed by atoms with Crippen molar-refractivity contribution in [2.45, 2.75) is 75.1 Å². The maximum absolute atomic E-state index is 14.3. The predicted octanol–water partition coefficient (Wildman–Crippen LogP) is 2.60. The molecule has 3 unspecified atom stereocenters. The first-order valence-corrected chi connectivity index (χ1v) is 14.1. The average molecular weight is 569 g/mol. The number of carbonyl (C=O) groups excluding carboxylic acids is 3. The van der Waals surface area contributed by atoms with Gasteiger partial charge in [0.2, 0.25) is 17.7 Å². The van der Waals surface area contributed by atoms with Gasteiger partial charge >= 0.3 is 0 Å². The Morgan fingerprint density at radius 3 is 2.50 bits per heavy atom. The molecule has 1 N–H and O–H groups in total. The second kappa shape index (κ2) is 11.8. The minimum atomic E-state index is -1.13. The molecule has 1 spiro atoms. The third-order valence-electron chi connectivity index (χ3n) is 8.31. The third-order valence-corrected chi connectivity index (χ3v) is 9.16. The summed E-state index contributed by atoms with van der Waals surface area (Å²) in [6, 6.07) is -1.46. The number of ether oxygens (including phenoxy) is 1. The van der Waals surface area contributed by atoms with Gasteiger partial charge in [-0.15, -0.1) is 13.2 Å². The number of hydrogen-bond donors (Lipinski definition) is 1. The van der Waals surface area contributed by atoms with Crippen LogP contribution in [-0.4, -0.2) is 99.4 Å². The van der Waals surface area contributed by atoms with Crippen LogP contribution in [0.1, 0.15) is 46.5 Å². The summed E-state index contributed by atoms with van der Waals surface area (Å²) in [6.07, 6.45) is 5.76. The van der Waals surface area contributed by atoms with Gasteiger partial charge in [0.25, 0.3) is 0 Å². The molecule has 8 nitrogen and oxygen atoms in total. The van der Waals surface area contributed by atoms with Crippen molar-refractivity contribution in [2.75, 3.05) is 33.3 Å². The lowest BCUT2D eigenvalue weighted by atomic mass is 9.70. The zero-order valence-electron chi connectivity index (χ0n) is 22.1. The summed E-state index contributed by atoms with van der Waals surface area (Å²) in [5.74, 6) is -2.18. The number of nitrogens with zero attached hydrogens (tertiary/aromatic N) is 3. The second-order valence-corrected chi connectivity index (χ2v) is 11.7. The van der Waals surface area contributed by atoms with E-state index in [0.717, 1.165) is 19.3 Å². The summed E-state index contributed by atoms with van der Waals surface area (Å²) in [5.41, 5.74) is -1.13. The van der Waals surface area contributed by atoms with Gasteiger partial charge in [-0.1, -0.05) is 61.7 Å². The van der Waals surface area contributed by atoms with Crippen LogP contribution in [0.5, 0.6) is 0 Å². The number of rotatable bonds is 13. The van der Waals surface area contributed by atoms with Crippen molar-refractivity contribution in [3.8, 4) is 0 Å². The van der Waals surface area contributed by atoms with Gasteiger partial charge < -0.3 is 24.5 Å². The van der Waals surface area contributed by atoms with Crippen molar-refractivity contribution in [3.63, 3.8) is 0 Å². The first-order valence-electron chi connectivity index (χ1n) is 13.1. The van der Waals surface area contributed by atoms with Crippen molar-refractivity contribution in [1.29, 1.82) is 0 Å². The van der Waals surface area contributed by atoms with E-state index in [-0.39, 0.29) is 35.1 Å². The lowest BCUT2D eigenvalue weighted by Crippen LogP contribution is -2.60. The van der Waals surface area contributed by atoms with Crippen molar-refractivity contribution >= 4 is 33.7 Å². The van der Waals surface area contributed by atoms with E-state index in [0.29, 0.717) is 26.1 Å². The third kappa shape index (κ3) is 4.67. The highest BCUT2D eigenvalue weighted by Gasteiger charge is 2.77. The lowest BCUT2D eigenvalue weighted by molar-refractivity contribution is -0.153. The first-order chi connectivity index (χ1) is 17.1. The van der Waals surface area contributed by atoms with Gasteiger partial charge in [0.15, 0.2) is 0 Å². The van der Waals surface area contributed by atoms with Crippen LogP contribution in [0.4, 0.5) is 0 Å². The quantitative estimate of drug-likeness (QED) is 0.273. The monoisotopic (exact) mass is 567 g/mol. The number of alkyl halides is 1. The normalized spacial score (nSPS) is 32.2. The molecule has 0 aromatic carbocycles. The topological polar surface area (TPSA) is 90.4 Å². The Morgan fingerprint density at radius 2 is 1.94 bits per heavy atom. The first kappa shape index (κ1) is 28.9. The molecular formula is C27H42BrN3O5. The summed E-state index contributed by atoms with van der Waals surface area (Å²) in [6.45, 7) is 14.6. The van der Waals surface area contributed by atoms with Crippen LogP contribution in [0.15, 0.2) is 25.3 Å². The van der Waals surface area contributed by atoms with E-state index in [1.54, 1.807) is 33.9 Å².